The van der Waals surface area contributed by atoms with E-state index in [1.807, 2.05) is 36.0 Å². The zero-order valence-corrected chi connectivity index (χ0v) is 41.4. The second-order valence-corrected chi connectivity index (χ2v) is 21.5. The number of aryl methyl sites for hydroxylation is 2. The number of aromatic hydroxyl groups is 2. The Morgan fingerprint density at radius 2 is 1.12 bits per heavy atom. The highest BCUT2D eigenvalue weighted by Crippen LogP contribution is 2.54. The zero-order valence-electron chi connectivity index (χ0n) is 39.8. The standard InChI is InChI=1S/C35H47F5O4S.C21H24S/c1-33(26-16-18-27(41)19-17-26)24-45-31-23-28(42)20-21-29(31)30(33)15-11-6-4-2-3-5-9-13-25(32(43)44)14-10-7-8-12-22-34(36,37)35(38,39)40;1-5-6-19-18-12-9-16(3)13-20(18)22-14-21(19,4)17-10-7-15(2)8-11-17/h16-21,23,25,30,41-42H,2-15,22,24H2,1H3,(H,43,44);5,7-13,19H,1,6,14H2,2-4H3/t25?,30-,33-;19-,21-/m11/s1. The monoisotopic (exact) mass is 966 g/mol. The molecular weight excluding hydrogens is 896 g/mol. The van der Waals surface area contributed by atoms with Gasteiger partial charge >= 0.3 is 18.1 Å². The summed E-state index contributed by atoms with van der Waals surface area (Å²) in [4.78, 5) is 14.2. The van der Waals surface area contributed by atoms with E-state index in [9.17, 15) is 42.1 Å². The number of fused-ring (bicyclic) bond motifs is 2. The first-order valence-electron chi connectivity index (χ1n) is 24.1. The van der Waals surface area contributed by atoms with E-state index in [0.717, 1.165) is 74.2 Å². The average molecular weight is 967 g/mol. The van der Waals surface area contributed by atoms with Gasteiger partial charge in [0.2, 0.25) is 0 Å². The van der Waals surface area contributed by atoms with Crippen LogP contribution < -0.4 is 0 Å². The van der Waals surface area contributed by atoms with Crippen molar-refractivity contribution in [1.82, 2.24) is 0 Å². The normalized spacial score (nSPS) is 20.8. The molecule has 4 nitrogen and oxygen atoms in total. The number of aliphatic carboxylic acids is 1. The molecule has 0 aliphatic carbocycles. The van der Waals surface area contributed by atoms with Crippen molar-refractivity contribution in [2.75, 3.05) is 11.5 Å². The maximum absolute atomic E-state index is 13.0. The van der Waals surface area contributed by atoms with Gasteiger partial charge in [-0.05, 0) is 110 Å². The molecule has 0 spiro atoms. The minimum Gasteiger partial charge on any atom is -0.508 e. The molecule has 0 aromatic heterocycles. The van der Waals surface area contributed by atoms with Crippen molar-refractivity contribution < 1.29 is 42.1 Å². The molecule has 0 radical (unpaired) electrons. The van der Waals surface area contributed by atoms with E-state index in [0.29, 0.717) is 31.6 Å². The maximum Gasteiger partial charge on any atom is 0.453 e. The Labute approximate surface area is 404 Å². The van der Waals surface area contributed by atoms with Crippen LogP contribution >= 0.6 is 23.5 Å². The largest absolute Gasteiger partial charge is 0.508 e. The lowest BCUT2D eigenvalue weighted by molar-refractivity contribution is -0.284. The minimum absolute atomic E-state index is 0.106. The van der Waals surface area contributed by atoms with Crippen LogP contribution in [0.1, 0.15) is 162 Å². The van der Waals surface area contributed by atoms with Crippen LogP contribution in [0.4, 0.5) is 22.0 Å². The van der Waals surface area contributed by atoms with Crippen molar-refractivity contribution in [3.05, 3.63) is 131 Å². The van der Waals surface area contributed by atoms with Crippen LogP contribution in [0.2, 0.25) is 0 Å². The number of alkyl halides is 5. The molecule has 67 heavy (non-hydrogen) atoms. The number of phenolic OH excluding ortho intramolecular Hbond substituents is 2. The van der Waals surface area contributed by atoms with E-state index < -0.39 is 30.4 Å². The Morgan fingerprint density at radius 1 is 0.657 bits per heavy atom. The molecule has 6 rings (SSSR count). The molecule has 2 aliphatic heterocycles. The van der Waals surface area contributed by atoms with Crippen LogP contribution in [0, 0.1) is 19.8 Å². The molecule has 4 aromatic rings. The van der Waals surface area contributed by atoms with E-state index in [1.54, 1.807) is 30.0 Å². The second kappa shape index (κ2) is 24.5. The topological polar surface area (TPSA) is 77.8 Å². The number of thioether (sulfide) groups is 2. The van der Waals surface area contributed by atoms with Crippen LogP contribution in [-0.2, 0) is 15.6 Å². The summed E-state index contributed by atoms with van der Waals surface area (Å²) in [5, 5.41) is 29.4. The summed E-state index contributed by atoms with van der Waals surface area (Å²) < 4.78 is 62.7. The molecule has 0 fully saturated rings. The number of allylic oxidation sites excluding steroid dienone is 1. The second-order valence-electron chi connectivity index (χ2n) is 19.5. The highest BCUT2D eigenvalue weighted by Gasteiger charge is 2.56. The van der Waals surface area contributed by atoms with Crippen molar-refractivity contribution in [3.8, 4) is 11.5 Å². The van der Waals surface area contributed by atoms with Crippen LogP contribution in [-0.4, -0.2) is 44.9 Å². The van der Waals surface area contributed by atoms with Crippen molar-refractivity contribution in [1.29, 1.82) is 0 Å². The first-order chi connectivity index (χ1) is 31.8. The Balaban J connectivity index is 0.000000316. The minimum atomic E-state index is -5.52. The fourth-order valence-electron chi connectivity index (χ4n) is 9.95. The Bertz CT molecular complexity index is 2190. The van der Waals surface area contributed by atoms with Gasteiger partial charge in [0.15, 0.2) is 0 Å². The lowest BCUT2D eigenvalue weighted by Crippen LogP contribution is -2.36. The fraction of sp³-hybridized carbons (Fsp3) is 0.518. The third-order valence-corrected chi connectivity index (χ3v) is 17.1. The highest BCUT2D eigenvalue weighted by molar-refractivity contribution is 7.99. The molecule has 3 N–H and O–H groups in total. The number of phenols is 2. The summed E-state index contributed by atoms with van der Waals surface area (Å²) in [6.07, 6.45) is 6.35. The lowest BCUT2D eigenvalue weighted by Gasteiger charge is -2.43. The van der Waals surface area contributed by atoms with E-state index in [4.69, 9.17) is 0 Å². The third kappa shape index (κ3) is 14.5. The zero-order chi connectivity index (χ0) is 48.8. The van der Waals surface area contributed by atoms with Gasteiger partial charge in [-0.2, -0.15) is 22.0 Å². The Kier molecular flexibility index (Phi) is 19.8. The molecule has 0 amide bonds. The van der Waals surface area contributed by atoms with Gasteiger partial charge in [-0.15, -0.1) is 30.1 Å². The van der Waals surface area contributed by atoms with E-state index >= 15 is 0 Å². The number of halogens is 5. The number of unbranched alkanes of at least 4 members (excludes halogenated alkanes) is 9. The molecule has 2 heterocycles. The predicted octanol–water partition coefficient (Wildman–Crippen LogP) is 17.0. The first kappa shape index (κ1) is 54.0. The number of benzene rings is 4. The van der Waals surface area contributed by atoms with Gasteiger partial charge in [-0.3, -0.25) is 4.79 Å². The Hall–Kier alpha value is -3.96. The number of carboxylic acids is 1. The van der Waals surface area contributed by atoms with Gasteiger partial charge < -0.3 is 15.3 Å². The number of carbonyl (C=O) groups is 1. The third-order valence-electron chi connectivity index (χ3n) is 14.3. The maximum atomic E-state index is 13.0. The van der Waals surface area contributed by atoms with Gasteiger partial charge in [0.1, 0.15) is 11.5 Å². The number of carboxylic acid groups (broad SMARTS) is 1. The van der Waals surface area contributed by atoms with Crippen molar-refractivity contribution in [2.24, 2.45) is 5.92 Å². The van der Waals surface area contributed by atoms with Gasteiger partial charge in [0, 0.05) is 38.5 Å². The van der Waals surface area contributed by atoms with E-state index in [-0.39, 0.29) is 41.1 Å². The lowest BCUT2D eigenvalue weighted by atomic mass is 9.68. The number of hydrogen-bond acceptors (Lipinski definition) is 5. The average Bonchev–Trinajstić information content (AvgIpc) is 3.28. The molecule has 11 heteroatoms. The van der Waals surface area contributed by atoms with Crippen LogP contribution in [0.15, 0.2) is 107 Å². The number of rotatable bonds is 22. The van der Waals surface area contributed by atoms with Crippen molar-refractivity contribution >= 4 is 29.5 Å². The molecule has 5 atom stereocenters. The predicted molar refractivity (Wildman–Crippen MR) is 266 cm³/mol. The van der Waals surface area contributed by atoms with Gasteiger partial charge in [-0.25, -0.2) is 0 Å². The quantitative estimate of drug-likeness (QED) is 0.0414. The highest BCUT2D eigenvalue weighted by atomic mass is 32.2. The summed E-state index contributed by atoms with van der Waals surface area (Å²) in [7, 11) is 0. The van der Waals surface area contributed by atoms with Gasteiger partial charge in [0.25, 0.3) is 0 Å². The molecule has 0 saturated heterocycles. The van der Waals surface area contributed by atoms with Crippen LogP contribution in [0.5, 0.6) is 11.5 Å². The molecule has 4 aromatic carbocycles. The van der Waals surface area contributed by atoms with Gasteiger partial charge in [-0.1, -0.05) is 150 Å². The summed E-state index contributed by atoms with van der Waals surface area (Å²) in [5.74, 6) is -2.73. The smallest absolute Gasteiger partial charge is 0.453 e. The molecule has 2 aliphatic rings. The van der Waals surface area contributed by atoms with Crippen LogP contribution in [0.25, 0.3) is 0 Å². The molecule has 1 unspecified atom stereocenters. The molecule has 0 bridgehead atoms. The molecule has 0 saturated carbocycles. The van der Waals surface area contributed by atoms with Crippen molar-refractivity contribution in [3.63, 3.8) is 0 Å². The molecule has 366 valence electrons. The fourth-order valence-corrected chi connectivity index (χ4v) is 12.8. The first-order valence-corrected chi connectivity index (χ1v) is 26.1. The Morgan fingerprint density at radius 3 is 1.69 bits per heavy atom. The van der Waals surface area contributed by atoms with Crippen molar-refractivity contribution in [2.45, 2.75) is 175 Å². The summed E-state index contributed by atoms with van der Waals surface area (Å²) >= 11 is 3.77. The summed E-state index contributed by atoms with van der Waals surface area (Å²) in [5.41, 5.74) is 8.13. The number of hydrogen-bond donors (Lipinski definition) is 3. The summed E-state index contributed by atoms with van der Waals surface area (Å²) in [6, 6.07) is 29.2. The van der Waals surface area contributed by atoms with E-state index in [1.165, 1.54) is 38.3 Å². The summed E-state index contributed by atoms with van der Waals surface area (Å²) in [6.45, 7) is 13.1. The van der Waals surface area contributed by atoms with Crippen LogP contribution in [0.3, 0.4) is 0 Å². The molecular formula is C56H71F5O4S2. The van der Waals surface area contributed by atoms with Gasteiger partial charge in [0.05, 0.1) is 5.92 Å². The van der Waals surface area contributed by atoms with E-state index in [2.05, 4.69) is 82.8 Å². The SMILES string of the molecule is C=CC[C@@H]1c2ccc(C)cc2SC[C@]1(C)c1ccc(C)cc1.C[C@]1(c2ccc(O)cc2)CSc2cc(O)ccc2[C@H]1CCCCCCCCCC(CCCCCCC(F)(F)C(F)(F)F)C(=O)O.